The molecule has 3 aliphatic rings. The van der Waals surface area contributed by atoms with Gasteiger partial charge in [-0.25, -0.2) is 0 Å². The van der Waals surface area contributed by atoms with Crippen molar-refractivity contribution in [1.29, 1.82) is 0 Å². The van der Waals surface area contributed by atoms with Crippen LogP contribution in [-0.2, 0) is 9.59 Å². The first kappa shape index (κ1) is 23.7. The molecular formula is C25H45N3O2. The number of rotatable bonds is 5. The van der Waals surface area contributed by atoms with Crippen molar-refractivity contribution in [3.05, 3.63) is 0 Å². The number of nitrogens with one attached hydrogen (secondary N) is 3. The molecule has 0 radical (unpaired) electrons. The van der Waals surface area contributed by atoms with Crippen LogP contribution in [0.4, 0.5) is 0 Å². The van der Waals surface area contributed by atoms with Crippen LogP contribution in [0, 0.1) is 17.8 Å². The zero-order chi connectivity index (χ0) is 22.5. The Morgan fingerprint density at radius 1 is 0.767 bits per heavy atom. The van der Waals surface area contributed by atoms with Gasteiger partial charge in [0.15, 0.2) is 0 Å². The summed E-state index contributed by atoms with van der Waals surface area (Å²) in [5, 5.41) is 10.6. The summed E-state index contributed by atoms with van der Waals surface area (Å²) in [7, 11) is 0. The van der Waals surface area contributed by atoms with Crippen molar-refractivity contribution in [3.8, 4) is 0 Å². The molecule has 1 aliphatic carbocycles. The van der Waals surface area contributed by atoms with E-state index in [1.165, 1.54) is 0 Å². The van der Waals surface area contributed by atoms with Crippen LogP contribution in [-0.4, -0.2) is 39.9 Å². The maximum Gasteiger partial charge on any atom is 0.225 e. The summed E-state index contributed by atoms with van der Waals surface area (Å²) in [6.45, 7) is 17.3. The third-order valence-corrected chi connectivity index (χ3v) is 7.88. The van der Waals surface area contributed by atoms with Gasteiger partial charge in [0, 0.05) is 40.5 Å². The van der Waals surface area contributed by atoms with E-state index in [9.17, 15) is 9.59 Å². The van der Waals surface area contributed by atoms with Gasteiger partial charge >= 0.3 is 0 Å². The molecule has 172 valence electrons. The molecule has 1 amide bonds. The Morgan fingerprint density at radius 3 is 1.67 bits per heavy atom. The van der Waals surface area contributed by atoms with Gasteiger partial charge in [0.1, 0.15) is 5.78 Å². The predicted molar refractivity (Wildman–Crippen MR) is 122 cm³/mol. The van der Waals surface area contributed by atoms with Crippen molar-refractivity contribution in [2.24, 2.45) is 17.8 Å². The van der Waals surface area contributed by atoms with E-state index in [0.29, 0.717) is 18.1 Å². The van der Waals surface area contributed by atoms with Gasteiger partial charge in [-0.15, -0.1) is 0 Å². The smallest absolute Gasteiger partial charge is 0.225 e. The molecule has 0 aromatic heterocycles. The average molecular weight is 420 g/mol. The molecule has 0 aromatic rings. The second-order valence-electron chi connectivity index (χ2n) is 12.9. The lowest BCUT2D eigenvalue weighted by atomic mass is 9.77. The summed E-state index contributed by atoms with van der Waals surface area (Å²) < 4.78 is 0. The van der Waals surface area contributed by atoms with Gasteiger partial charge in [-0.1, -0.05) is 0 Å². The van der Waals surface area contributed by atoms with Gasteiger partial charge in [-0.3, -0.25) is 9.59 Å². The number of carbonyl (C=O) groups is 2. The fourth-order valence-corrected chi connectivity index (χ4v) is 6.73. The molecule has 2 unspecified atom stereocenters. The molecule has 30 heavy (non-hydrogen) atoms. The number of carbonyl (C=O) groups excluding carboxylic acids is 2. The predicted octanol–water partition coefficient (Wildman–Crippen LogP) is 3.95. The molecule has 5 nitrogen and oxygen atoms in total. The number of hydrogen-bond acceptors (Lipinski definition) is 4. The fraction of sp³-hybridized carbons (Fsp3) is 0.920. The van der Waals surface area contributed by atoms with Crippen LogP contribution >= 0.6 is 0 Å². The molecule has 3 fully saturated rings. The highest BCUT2D eigenvalue weighted by Gasteiger charge is 2.49. The molecule has 1 saturated carbocycles. The lowest BCUT2D eigenvalue weighted by Gasteiger charge is -2.33. The SMILES string of the molecule is CC1(C)CC(C(=O)CC2CCC(NC(=O)C3CC(C)(C)NC3(C)C)CC2)C(C)(C)N1. The van der Waals surface area contributed by atoms with Crippen molar-refractivity contribution < 1.29 is 9.59 Å². The van der Waals surface area contributed by atoms with Crippen LogP contribution in [0.25, 0.3) is 0 Å². The third kappa shape index (κ3) is 5.27. The summed E-state index contributed by atoms with van der Waals surface area (Å²) >= 11 is 0. The maximum atomic E-state index is 13.1. The standard InChI is InChI=1S/C25H45N3O2/c1-22(2)14-18(24(5,6)27-22)20(29)13-16-9-11-17(12-10-16)26-21(30)19-15-23(3,4)28-25(19,7)8/h16-19,27-28H,9-15H2,1-8H3,(H,26,30). The molecule has 0 aromatic carbocycles. The van der Waals surface area contributed by atoms with Gasteiger partial charge in [0.25, 0.3) is 0 Å². The first-order chi connectivity index (χ1) is 13.6. The van der Waals surface area contributed by atoms with Crippen LogP contribution < -0.4 is 16.0 Å². The minimum absolute atomic E-state index is 0.000960. The van der Waals surface area contributed by atoms with E-state index in [0.717, 1.165) is 38.5 Å². The summed E-state index contributed by atoms with van der Waals surface area (Å²) in [6, 6.07) is 0.256. The molecule has 0 bridgehead atoms. The highest BCUT2D eigenvalue weighted by atomic mass is 16.2. The zero-order valence-corrected chi connectivity index (χ0v) is 20.6. The van der Waals surface area contributed by atoms with Crippen molar-refractivity contribution in [1.82, 2.24) is 16.0 Å². The quantitative estimate of drug-likeness (QED) is 0.631. The summed E-state index contributed by atoms with van der Waals surface area (Å²) in [5.41, 5.74) is -0.265. The average Bonchev–Trinajstić information content (AvgIpc) is 2.94. The van der Waals surface area contributed by atoms with Crippen LogP contribution in [0.15, 0.2) is 0 Å². The largest absolute Gasteiger partial charge is 0.353 e. The van der Waals surface area contributed by atoms with Crippen LogP contribution in [0.2, 0.25) is 0 Å². The highest BCUT2D eigenvalue weighted by Crippen LogP contribution is 2.39. The molecule has 2 heterocycles. The van der Waals surface area contributed by atoms with Gasteiger partial charge in [-0.2, -0.15) is 0 Å². The van der Waals surface area contributed by atoms with Crippen molar-refractivity contribution in [2.75, 3.05) is 0 Å². The van der Waals surface area contributed by atoms with Crippen molar-refractivity contribution >= 4 is 11.7 Å². The summed E-state index contributed by atoms with van der Waals surface area (Å²) in [4.78, 5) is 26.0. The van der Waals surface area contributed by atoms with Gasteiger partial charge in [0.05, 0.1) is 5.92 Å². The van der Waals surface area contributed by atoms with E-state index in [1.54, 1.807) is 0 Å². The lowest BCUT2D eigenvalue weighted by Crippen LogP contribution is -2.50. The number of amides is 1. The van der Waals surface area contributed by atoms with E-state index in [2.05, 4.69) is 71.3 Å². The molecule has 2 atom stereocenters. The van der Waals surface area contributed by atoms with Crippen LogP contribution in [0.5, 0.6) is 0 Å². The maximum absolute atomic E-state index is 13.1. The second kappa shape index (κ2) is 7.88. The fourth-order valence-electron chi connectivity index (χ4n) is 6.73. The minimum atomic E-state index is -0.174. The van der Waals surface area contributed by atoms with E-state index >= 15 is 0 Å². The Balaban J connectivity index is 1.47. The monoisotopic (exact) mass is 419 g/mol. The van der Waals surface area contributed by atoms with E-state index in [4.69, 9.17) is 0 Å². The Labute approximate surface area is 183 Å². The van der Waals surface area contributed by atoms with Crippen molar-refractivity contribution in [2.45, 2.75) is 129 Å². The Morgan fingerprint density at radius 2 is 1.23 bits per heavy atom. The molecule has 3 rings (SSSR count). The third-order valence-electron chi connectivity index (χ3n) is 7.88. The van der Waals surface area contributed by atoms with Gasteiger partial charge in [-0.05, 0) is 99.8 Å². The number of hydrogen-bond donors (Lipinski definition) is 3. The van der Waals surface area contributed by atoms with Gasteiger partial charge < -0.3 is 16.0 Å². The molecule has 2 saturated heterocycles. The first-order valence-corrected chi connectivity index (χ1v) is 12.0. The number of Topliss-reactive ketones (excluding diaryl/α,β-unsaturated/α-hetero) is 1. The lowest BCUT2D eigenvalue weighted by molar-refractivity contribution is -0.128. The second-order valence-corrected chi connectivity index (χ2v) is 12.9. The van der Waals surface area contributed by atoms with E-state index in [1.807, 2.05) is 0 Å². The zero-order valence-electron chi connectivity index (χ0n) is 20.6. The highest BCUT2D eigenvalue weighted by molar-refractivity contribution is 5.83. The van der Waals surface area contributed by atoms with Crippen molar-refractivity contribution in [3.63, 3.8) is 0 Å². The Hall–Kier alpha value is -0.940. The molecule has 5 heteroatoms. The van der Waals surface area contributed by atoms with E-state index in [-0.39, 0.29) is 45.9 Å². The van der Waals surface area contributed by atoms with Crippen LogP contribution in [0.1, 0.15) is 100 Å². The number of ketones is 1. The molecule has 0 spiro atoms. The summed E-state index contributed by atoms with van der Waals surface area (Å²) in [6.07, 6.45) is 6.55. The topological polar surface area (TPSA) is 70.2 Å². The Kier molecular flexibility index (Phi) is 6.23. The van der Waals surface area contributed by atoms with Crippen LogP contribution in [0.3, 0.4) is 0 Å². The molecular weight excluding hydrogens is 374 g/mol. The Bertz CT molecular complexity index is 614. The normalized spacial score (nSPS) is 36.4. The van der Waals surface area contributed by atoms with Gasteiger partial charge in [0.2, 0.25) is 5.91 Å². The summed E-state index contributed by atoms with van der Waals surface area (Å²) in [5.74, 6) is 1.19. The molecule has 3 N–H and O–H groups in total. The first-order valence-electron chi connectivity index (χ1n) is 12.0. The van der Waals surface area contributed by atoms with E-state index < -0.39 is 0 Å². The molecule has 2 aliphatic heterocycles. The minimum Gasteiger partial charge on any atom is -0.353 e.